The summed E-state index contributed by atoms with van der Waals surface area (Å²) in [7, 11) is 0. The van der Waals surface area contributed by atoms with Crippen LogP contribution in [0, 0.1) is 10.1 Å². The summed E-state index contributed by atoms with van der Waals surface area (Å²) < 4.78 is 5.27. The summed E-state index contributed by atoms with van der Waals surface area (Å²) in [5, 5.41) is 10.5. The van der Waals surface area contributed by atoms with Crippen molar-refractivity contribution >= 4 is 0 Å². The zero-order valence-corrected chi connectivity index (χ0v) is 9.50. The molecule has 0 aliphatic carbocycles. The van der Waals surface area contributed by atoms with Gasteiger partial charge in [0.2, 0.25) is 6.04 Å². The lowest BCUT2D eigenvalue weighted by atomic mass is 10.0. The molecule has 0 bridgehead atoms. The van der Waals surface area contributed by atoms with Crippen molar-refractivity contribution in [3.63, 3.8) is 0 Å². The number of benzene rings is 1. The van der Waals surface area contributed by atoms with Gasteiger partial charge in [0, 0.05) is 23.8 Å². The number of hydrogen-bond acceptors (Lipinski definition) is 3. The quantitative estimate of drug-likeness (QED) is 0.600. The van der Waals surface area contributed by atoms with Crippen LogP contribution < -0.4 is 0 Å². The molecule has 17 heavy (non-hydrogen) atoms. The highest BCUT2D eigenvalue weighted by Crippen LogP contribution is 2.20. The number of nitro groups is 1. The second-order valence-electron chi connectivity index (χ2n) is 4.01. The lowest BCUT2D eigenvalue weighted by molar-refractivity contribution is -0.517. The minimum atomic E-state index is -0.551. The van der Waals surface area contributed by atoms with Crippen LogP contribution in [0.1, 0.15) is 12.5 Å². The zero-order chi connectivity index (χ0) is 12.3. The van der Waals surface area contributed by atoms with Crippen molar-refractivity contribution in [3.05, 3.63) is 58.3 Å². The maximum Gasteiger partial charge on any atom is 0.214 e. The fourth-order valence-electron chi connectivity index (χ4n) is 1.66. The van der Waals surface area contributed by atoms with Gasteiger partial charge in [-0.3, -0.25) is 10.1 Å². The van der Waals surface area contributed by atoms with E-state index in [4.69, 9.17) is 4.42 Å². The Morgan fingerprint density at radius 3 is 2.53 bits per heavy atom. The predicted molar refractivity (Wildman–Crippen MR) is 64.3 cm³/mol. The van der Waals surface area contributed by atoms with E-state index >= 15 is 0 Å². The van der Waals surface area contributed by atoms with Gasteiger partial charge in [0.05, 0.1) is 6.26 Å². The third kappa shape index (κ3) is 2.72. The second-order valence-corrected chi connectivity index (χ2v) is 4.01. The number of hydrogen-bond donors (Lipinski definition) is 0. The Morgan fingerprint density at radius 1 is 1.29 bits per heavy atom. The van der Waals surface area contributed by atoms with Gasteiger partial charge in [-0.25, -0.2) is 0 Å². The summed E-state index contributed by atoms with van der Waals surface area (Å²) in [4.78, 5) is 10.3. The molecule has 1 aromatic heterocycles. The van der Waals surface area contributed by atoms with Crippen molar-refractivity contribution in [3.8, 4) is 11.3 Å². The van der Waals surface area contributed by atoms with E-state index < -0.39 is 6.04 Å². The van der Waals surface area contributed by atoms with E-state index in [9.17, 15) is 10.1 Å². The maximum atomic E-state index is 10.5. The Balaban J connectivity index is 2.11. The lowest BCUT2D eigenvalue weighted by Gasteiger charge is -2.04. The molecule has 0 saturated heterocycles. The van der Waals surface area contributed by atoms with Gasteiger partial charge in [0.1, 0.15) is 5.76 Å². The van der Waals surface area contributed by atoms with E-state index in [1.807, 2.05) is 36.4 Å². The van der Waals surface area contributed by atoms with Gasteiger partial charge in [0.15, 0.2) is 0 Å². The molecule has 0 fully saturated rings. The highest BCUT2D eigenvalue weighted by Gasteiger charge is 2.13. The lowest BCUT2D eigenvalue weighted by Crippen LogP contribution is -2.17. The van der Waals surface area contributed by atoms with Crippen LogP contribution in [-0.4, -0.2) is 11.0 Å². The standard InChI is InChI=1S/C13H13NO3/c1-10(14(15)16)9-11-4-6-12(7-5-11)13-3-2-8-17-13/h2-8,10H,9H2,1H3. The first-order valence-electron chi connectivity index (χ1n) is 5.43. The van der Waals surface area contributed by atoms with Crippen LogP contribution in [0.5, 0.6) is 0 Å². The van der Waals surface area contributed by atoms with Crippen molar-refractivity contribution in [2.24, 2.45) is 0 Å². The van der Waals surface area contributed by atoms with E-state index in [0.717, 1.165) is 16.9 Å². The fourth-order valence-corrected chi connectivity index (χ4v) is 1.66. The van der Waals surface area contributed by atoms with E-state index in [0.29, 0.717) is 6.42 Å². The van der Waals surface area contributed by atoms with E-state index in [2.05, 4.69) is 0 Å². The molecule has 0 radical (unpaired) electrons. The SMILES string of the molecule is CC(Cc1ccc(-c2ccco2)cc1)[N+](=O)[O-]. The molecule has 0 saturated carbocycles. The predicted octanol–water partition coefficient (Wildman–Crippen LogP) is 3.15. The summed E-state index contributed by atoms with van der Waals surface area (Å²) >= 11 is 0. The van der Waals surface area contributed by atoms with Gasteiger partial charge in [-0.15, -0.1) is 0 Å². The Labute approximate surface area is 99.0 Å². The first kappa shape index (κ1) is 11.4. The molecule has 0 amide bonds. The van der Waals surface area contributed by atoms with Crippen molar-refractivity contribution < 1.29 is 9.34 Å². The van der Waals surface area contributed by atoms with E-state index in [1.54, 1.807) is 13.2 Å². The summed E-state index contributed by atoms with van der Waals surface area (Å²) in [6.07, 6.45) is 2.07. The molecule has 1 heterocycles. The second kappa shape index (κ2) is 4.82. The van der Waals surface area contributed by atoms with Gasteiger partial charge in [-0.05, 0) is 17.7 Å². The van der Waals surface area contributed by atoms with Crippen LogP contribution in [-0.2, 0) is 6.42 Å². The molecule has 2 rings (SSSR count). The normalized spacial score (nSPS) is 12.3. The minimum Gasteiger partial charge on any atom is -0.464 e. The maximum absolute atomic E-state index is 10.5. The molecule has 0 aliphatic rings. The minimum absolute atomic E-state index is 0.263. The first-order valence-corrected chi connectivity index (χ1v) is 5.43. The molecular formula is C13H13NO3. The Bertz CT molecular complexity index is 488. The summed E-state index contributed by atoms with van der Waals surface area (Å²) in [6.45, 7) is 1.61. The van der Waals surface area contributed by atoms with Gasteiger partial charge in [0.25, 0.3) is 0 Å². The Kier molecular flexibility index (Phi) is 3.23. The molecule has 88 valence electrons. The average molecular weight is 231 g/mol. The van der Waals surface area contributed by atoms with Crippen molar-refractivity contribution in [1.29, 1.82) is 0 Å². The fraction of sp³-hybridized carbons (Fsp3) is 0.231. The van der Waals surface area contributed by atoms with Crippen LogP contribution in [0.15, 0.2) is 47.1 Å². The number of rotatable bonds is 4. The highest BCUT2D eigenvalue weighted by molar-refractivity contribution is 5.57. The monoisotopic (exact) mass is 231 g/mol. The molecule has 0 spiro atoms. The molecule has 0 N–H and O–H groups in total. The zero-order valence-electron chi connectivity index (χ0n) is 9.50. The van der Waals surface area contributed by atoms with Crippen LogP contribution in [0.3, 0.4) is 0 Å². The number of furan rings is 1. The van der Waals surface area contributed by atoms with Crippen molar-refractivity contribution in [1.82, 2.24) is 0 Å². The average Bonchev–Trinajstić information content (AvgIpc) is 2.83. The van der Waals surface area contributed by atoms with Gasteiger partial charge in [-0.1, -0.05) is 24.3 Å². The highest BCUT2D eigenvalue weighted by atomic mass is 16.6. The molecule has 1 atom stereocenters. The number of nitrogens with zero attached hydrogens (tertiary/aromatic N) is 1. The molecule has 1 aromatic carbocycles. The van der Waals surface area contributed by atoms with Crippen molar-refractivity contribution in [2.45, 2.75) is 19.4 Å². The Morgan fingerprint density at radius 2 is 2.00 bits per heavy atom. The topological polar surface area (TPSA) is 56.3 Å². The first-order chi connectivity index (χ1) is 8.16. The molecular weight excluding hydrogens is 218 g/mol. The van der Waals surface area contributed by atoms with Crippen LogP contribution in [0.4, 0.5) is 0 Å². The van der Waals surface area contributed by atoms with Crippen LogP contribution in [0.25, 0.3) is 11.3 Å². The summed E-state index contributed by atoms with van der Waals surface area (Å²) in [6, 6.07) is 10.8. The molecule has 1 unspecified atom stereocenters. The molecule has 2 aromatic rings. The third-order valence-corrected chi connectivity index (χ3v) is 2.65. The summed E-state index contributed by atoms with van der Waals surface area (Å²) in [5.41, 5.74) is 1.94. The summed E-state index contributed by atoms with van der Waals surface area (Å²) in [5.74, 6) is 0.805. The van der Waals surface area contributed by atoms with E-state index in [-0.39, 0.29) is 4.92 Å². The van der Waals surface area contributed by atoms with Gasteiger partial charge < -0.3 is 4.42 Å². The van der Waals surface area contributed by atoms with Gasteiger partial charge in [-0.2, -0.15) is 0 Å². The largest absolute Gasteiger partial charge is 0.464 e. The van der Waals surface area contributed by atoms with Gasteiger partial charge >= 0.3 is 0 Å². The van der Waals surface area contributed by atoms with Crippen molar-refractivity contribution in [2.75, 3.05) is 0 Å². The van der Waals surface area contributed by atoms with Crippen LogP contribution in [0.2, 0.25) is 0 Å². The third-order valence-electron chi connectivity index (χ3n) is 2.65. The Hall–Kier alpha value is -2.10. The molecule has 4 heteroatoms. The molecule has 4 nitrogen and oxygen atoms in total. The van der Waals surface area contributed by atoms with Crippen LogP contribution >= 0.6 is 0 Å². The smallest absolute Gasteiger partial charge is 0.214 e. The molecule has 0 aliphatic heterocycles. The van der Waals surface area contributed by atoms with E-state index in [1.165, 1.54) is 0 Å².